The van der Waals surface area contributed by atoms with Gasteiger partial charge in [-0.1, -0.05) is 30.3 Å². The molecule has 2 aliphatic heterocycles. The van der Waals surface area contributed by atoms with Crippen molar-refractivity contribution in [1.82, 2.24) is 14.7 Å². The van der Waals surface area contributed by atoms with Crippen molar-refractivity contribution >= 4 is 16.6 Å². The van der Waals surface area contributed by atoms with E-state index in [1.165, 1.54) is 0 Å². The predicted octanol–water partition coefficient (Wildman–Crippen LogP) is 4.51. The normalized spacial score (nSPS) is 19.2. The molecule has 1 fully saturated rings. The standard InChI is InChI=1S/C25H27FN4O/c26-22-8-11-28(18-22)14-15-30-25-7-6-23(16-21(25)17-27-30)29-12-9-24(10-13-29)31-19-20-4-2-1-3-5-20/h1-7,9-10,12,16-17,22H,8,11,13-15,18-19H2/t22-/m1/s1. The number of aromatic nitrogens is 2. The van der Waals surface area contributed by atoms with E-state index >= 15 is 0 Å². The maximum atomic E-state index is 13.4. The Labute approximate surface area is 182 Å². The first-order chi connectivity index (χ1) is 15.2. The number of benzene rings is 2. The molecule has 1 atom stereocenters. The van der Waals surface area contributed by atoms with Crippen LogP contribution in [0.3, 0.4) is 0 Å². The van der Waals surface area contributed by atoms with Crippen molar-refractivity contribution in [1.29, 1.82) is 0 Å². The second-order valence-electron chi connectivity index (χ2n) is 8.15. The molecule has 0 radical (unpaired) electrons. The zero-order valence-corrected chi connectivity index (χ0v) is 17.5. The molecule has 160 valence electrons. The van der Waals surface area contributed by atoms with Crippen LogP contribution in [-0.2, 0) is 17.9 Å². The molecule has 5 nitrogen and oxygen atoms in total. The Morgan fingerprint density at radius 3 is 2.77 bits per heavy atom. The van der Waals surface area contributed by atoms with Crippen molar-refractivity contribution < 1.29 is 9.13 Å². The van der Waals surface area contributed by atoms with Crippen LogP contribution in [0.4, 0.5) is 10.1 Å². The minimum atomic E-state index is -0.673. The van der Waals surface area contributed by atoms with Crippen LogP contribution in [-0.4, -0.2) is 47.0 Å². The molecule has 31 heavy (non-hydrogen) atoms. The maximum absolute atomic E-state index is 13.4. The minimum Gasteiger partial charge on any atom is -0.489 e. The van der Waals surface area contributed by atoms with Crippen LogP contribution in [0.25, 0.3) is 10.9 Å². The number of likely N-dealkylation sites (tertiary alicyclic amines) is 1. The van der Waals surface area contributed by atoms with E-state index in [1.54, 1.807) is 0 Å². The van der Waals surface area contributed by atoms with Crippen LogP contribution in [0.15, 0.2) is 78.8 Å². The molecule has 1 saturated heterocycles. The average molecular weight is 419 g/mol. The second-order valence-corrected chi connectivity index (χ2v) is 8.15. The van der Waals surface area contributed by atoms with Crippen LogP contribution in [0.2, 0.25) is 0 Å². The molecule has 1 aromatic heterocycles. The summed E-state index contributed by atoms with van der Waals surface area (Å²) in [6.07, 6.45) is 8.07. The van der Waals surface area contributed by atoms with Gasteiger partial charge in [0, 0.05) is 43.5 Å². The van der Waals surface area contributed by atoms with Gasteiger partial charge in [0.2, 0.25) is 0 Å². The van der Waals surface area contributed by atoms with Crippen molar-refractivity contribution in [3.8, 4) is 0 Å². The first-order valence-corrected chi connectivity index (χ1v) is 10.9. The molecular formula is C25H27FN4O. The number of hydrogen-bond acceptors (Lipinski definition) is 4. The lowest BCUT2D eigenvalue weighted by Crippen LogP contribution is -2.25. The van der Waals surface area contributed by atoms with Gasteiger partial charge >= 0.3 is 0 Å². The highest BCUT2D eigenvalue weighted by Crippen LogP contribution is 2.25. The topological polar surface area (TPSA) is 33.5 Å². The first-order valence-electron chi connectivity index (χ1n) is 10.9. The summed E-state index contributed by atoms with van der Waals surface area (Å²) in [6.45, 7) is 4.35. The Kier molecular flexibility index (Phi) is 5.71. The highest BCUT2D eigenvalue weighted by atomic mass is 19.1. The lowest BCUT2D eigenvalue weighted by Gasteiger charge is -2.23. The third kappa shape index (κ3) is 4.64. The molecule has 0 aliphatic carbocycles. The van der Waals surface area contributed by atoms with Crippen LogP contribution in [0.5, 0.6) is 0 Å². The van der Waals surface area contributed by atoms with Gasteiger partial charge in [0.25, 0.3) is 0 Å². The Bertz CT molecular complexity index is 1090. The van der Waals surface area contributed by atoms with Gasteiger partial charge in [-0.15, -0.1) is 0 Å². The van der Waals surface area contributed by atoms with E-state index in [-0.39, 0.29) is 0 Å². The smallest absolute Gasteiger partial charge is 0.119 e. The summed E-state index contributed by atoms with van der Waals surface area (Å²) in [5.41, 5.74) is 3.40. The van der Waals surface area contributed by atoms with E-state index in [1.807, 2.05) is 35.2 Å². The highest BCUT2D eigenvalue weighted by molar-refractivity contribution is 5.83. The quantitative estimate of drug-likeness (QED) is 0.565. The number of fused-ring (bicyclic) bond motifs is 1. The predicted molar refractivity (Wildman–Crippen MR) is 121 cm³/mol. The van der Waals surface area contributed by atoms with E-state index in [4.69, 9.17) is 4.74 Å². The molecule has 2 aliphatic rings. The monoisotopic (exact) mass is 418 g/mol. The summed E-state index contributed by atoms with van der Waals surface area (Å²) < 4.78 is 21.3. The number of anilines is 1. The highest BCUT2D eigenvalue weighted by Gasteiger charge is 2.21. The van der Waals surface area contributed by atoms with Gasteiger partial charge in [0.1, 0.15) is 18.5 Å². The number of allylic oxidation sites excluding steroid dienone is 1. The fourth-order valence-corrected chi connectivity index (χ4v) is 4.18. The molecule has 0 unspecified atom stereocenters. The van der Waals surface area contributed by atoms with E-state index < -0.39 is 6.17 Å². The Balaban J connectivity index is 1.19. The SMILES string of the molecule is F[C@@H]1CCN(CCn2ncc3cc(N4C=CC(OCc5ccccc5)=CC4)ccc32)C1. The number of hydrogen-bond donors (Lipinski definition) is 0. The molecule has 2 aromatic carbocycles. The van der Waals surface area contributed by atoms with Crippen LogP contribution in [0.1, 0.15) is 12.0 Å². The van der Waals surface area contributed by atoms with Crippen molar-refractivity contribution in [2.24, 2.45) is 0 Å². The van der Waals surface area contributed by atoms with Gasteiger partial charge in [0.05, 0.1) is 18.3 Å². The summed E-state index contributed by atoms with van der Waals surface area (Å²) in [7, 11) is 0. The number of nitrogens with zero attached hydrogens (tertiary/aromatic N) is 4. The minimum absolute atomic E-state index is 0.551. The van der Waals surface area contributed by atoms with Gasteiger partial charge in [-0.2, -0.15) is 5.10 Å². The Morgan fingerprint density at radius 2 is 2.00 bits per heavy atom. The lowest BCUT2D eigenvalue weighted by molar-refractivity contribution is 0.209. The molecule has 0 N–H and O–H groups in total. The summed E-state index contributed by atoms with van der Waals surface area (Å²) in [5, 5.41) is 5.67. The van der Waals surface area contributed by atoms with E-state index in [0.29, 0.717) is 19.6 Å². The van der Waals surface area contributed by atoms with Crippen LogP contribution in [0, 0.1) is 0 Å². The van der Waals surface area contributed by atoms with Gasteiger partial charge in [-0.25, -0.2) is 4.39 Å². The molecule has 3 heterocycles. The van der Waals surface area contributed by atoms with Gasteiger partial charge in [-0.3, -0.25) is 9.58 Å². The Hall–Kier alpha value is -3.12. The van der Waals surface area contributed by atoms with E-state index in [0.717, 1.165) is 54.1 Å². The number of ether oxygens (including phenoxy) is 1. The molecule has 0 bridgehead atoms. The molecule has 0 amide bonds. The maximum Gasteiger partial charge on any atom is 0.119 e. The van der Waals surface area contributed by atoms with Crippen LogP contribution < -0.4 is 4.90 Å². The second kappa shape index (κ2) is 8.94. The van der Waals surface area contributed by atoms with Gasteiger partial charge in [0.15, 0.2) is 0 Å². The summed E-state index contributed by atoms with van der Waals surface area (Å²) >= 11 is 0. The van der Waals surface area contributed by atoms with Crippen molar-refractivity contribution in [3.05, 3.63) is 84.4 Å². The summed E-state index contributed by atoms with van der Waals surface area (Å²) in [4.78, 5) is 4.37. The fraction of sp³-hybridized carbons (Fsp3) is 0.320. The molecule has 0 spiro atoms. The zero-order chi connectivity index (χ0) is 21.0. The summed E-state index contributed by atoms with van der Waals surface area (Å²) in [6, 6.07) is 16.6. The van der Waals surface area contributed by atoms with Gasteiger partial charge < -0.3 is 9.64 Å². The van der Waals surface area contributed by atoms with E-state index in [9.17, 15) is 4.39 Å². The number of alkyl halides is 1. The van der Waals surface area contributed by atoms with Gasteiger partial charge in [-0.05, 0) is 42.3 Å². The average Bonchev–Trinajstić information content (AvgIpc) is 3.42. The van der Waals surface area contributed by atoms with Crippen LogP contribution >= 0.6 is 0 Å². The third-order valence-electron chi connectivity index (χ3n) is 5.96. The molecule has 3 aromatic rings. The van der Waals surface area contributed by atoms with Crippen molar-refractivity contribution in [2.45, 2.75) is 25.7 Å². The van der Waals surface area contributed by atoms with Crippen molar-refractivity contribution in [2.75, 3.05) is 31.1 Å². The largest absolute Gasteiger partial charge is 0.489 e. The third-order valence-corrected chi connectivity index (χ3v) is 5.96. The zero-order valence-electron chi connectivity index (χ0n) is 17.5. The number of rotatable bonds is 7. The molecule has 6 heteroatoms. The molecular weight excluding hydrogens is 391 g/mol. The first kappa shape index (κ1) is 19.8. The molecule has 0 saturated carbocycles. The summed E-state index contributed by atoms with van der Waals surface area (Å²) in [5.74, 6) is 0.895. The fourth-order valence-electron chi connectivity index (χ4n) is 4.18. The van der Waals surface area contributed by atoms with Crippen molar-refractivity contribution in [3.63, 3.8) is 0 Å². The lowest BCUT2D eigenvalue weighted by atomic mass is 10.2. The van der Waals surface area contributed by atoms with E-state index in [2.05, 4.69) is 57.5 Å². The number of halogens is 1. The molecule has 5 rings (SSSR count). The Morgan fingerprint density at radius 1 is 1.10 bits per heavy atom.